The molecular formula is C17H19N3O3S2. The van der Waals surface area contributed by atoms with Gasteiger partial charge in [-0.2, -0.15) is 0 Å². The van der Waals surface area contributed by atoms with Crippen LogP contribution in [-0.4, -0.2) is 37.6 Å². The van der Waals surface area contributed by atoms with E-state index in [4.69, 9.17) is 0 Å². The van der Waals surface area contributed by atoms with Crippen LogP contribution in [0.2, 0.25) is 0 Å². The number of carbonyl (C=O) groups excluding carboxylic acids is 1. The fourth-order valence-electron chi connectivity index (χ4n) is 2.61. The van der Waals surface area contributed by atoms with Crippen molar-refractivity contribution in [3.05, 3.63) is 64.0 Å². The van der Waals surface area contributed by atoms with Gasteiger partial charge in [0.15, 0.2) is 9.84 Å². The van der Waals surface area contributed by atoms with Gasteiger partial charge in [-0.05, 0) is 23.6 Å². The van der Waals surface area contributed by atoms with E-state index in [9.17, 15) is 13.2 Å². The molecule has 1 aliphatic rings. The summed E-state index contributed by atoms with van der Waals surface area (Å²) in [4.78, 5) is 17.8. The Labute approximate surface area is 150 Å². The molecule has 0 saturated heterocycles. The maximum Gasteiger partial charge on any atom is 0.234 e. The monoisotopic (exact) mass is 377 g/mol. The predicted molar refractivity (Wildman–Crippen MR) is 97.9 cm³/mol. The van der Waals surface area contributed by atoms with Crippen molar-refractivity contribution in [3.8, 4) is 0 Å². The topological polar surface area (TPSA) is 88.2 Å². The average molecular weight is 377 g/mol. The molecule has 2 unspecified atom stereocenters. The lowest BCUT2D eigenvalue weighted by Gasteiger charge is -2.18. The van der Waals surface area contributed by atoms with Crippen LogP contribution in [0.4, 0.5) is 0 Å². The van der Waals surface area contributed by atoms with Gasteiger partial charge in [0, 0.05) is 28.9 Å². The highest BCUT2D eigenvalue weighted by molar-refractivity contribution is 7.94. The smallest absolute Gasteiger partial charge is 0.234 e. The highest BCUT2D eigenvalue weighted by Gasteiger charge is 2.22. The number of carbonyl (C=O) groups is 1. The van der Waals surface area contributed by atoms with Crippen molar-refractivity contribution < 1.29 is 13.2 Å². The molecule has 6 nitrogen and oxygen atoms in total. The molecule has 2 atom stereocenters. The Kier molecular flexibility index (Phi) is 5.62. The summed E-state index contributed by atoms with van der Waals surface area (Å²) in [6.45, 7) is 0.0539. The van der Waals surface area contributed by atoms with Gasteiger partial charge in [-0.3, -0.25) is 9.78 Å². The first kappa shape index (κ1) is 17.8. The molecule has 0 radical (unpaired) electrons. The molecule has 0 fully saturated rings. The zero-order valence-electron chi connectivity index (χ0n) is 13.5. The SMILES string of the molecule is O=C(CNC1C=CS(=O)(=O)C1)NC(Cc1cccs1)c1ccccn1. The average Bonchev–Trinajstić information content (AvgIpc) is 3.22. The number of pyridine rings is 1. The van der Waals surface area contributed by atoms with Crippen molar-refractivity contribution >= 4 is 27.1 Å². The molecular weight excluding hydrogens is 358 g/mol. The molecule has 1 amide bonds. The van der Waals surface area contributed by atoms with Gasteiger partial charge in [-0.25, -0.2) is 8.42 Å². The normalized spacial score (nSPS) is 19.6. The third-order valence-electron chi connectivity index (χ3n) is 3.82. The van der Waals surface area contributed by atoms with Crippen LogP contribution in [0.3, 0.4) is 0 Å². The van der Waals surface area contributed by atoms with Gasteiger partial charge in [-0.1, -0.05) is 18.2 Å². The van der Waals surface area contributed by atoms with E-state index in [2.05, 4.69) is 15.6 Å². The Morgan fingerprint density at radius 1 is 1.32 bits per heavy atom. The highest BCUT2D eigenvalue weighted by atomic mass is 32.2. The van der Waals surface area contributed by atoms with E-state index in [0.717, 1.165) is 10.6 Å². The van der Waals surface area contributed by atoms with Crippen LogP contribution < -0.4 is 10.6 Å². The predicted octanol–water partition coefficient (Wildman–Crippen LogP) is 1.44. The van der Waals surface area contributed by atoms with Gasteiger partial charge in [0.2, 0.25) is 5.91 Å². The first-order chi connectivity index (χ1) is 12.0. The molecule has 132 valence electrons. The molecule has 0 aromatic carbocycles. The van der Waals surface area contributed by atoms with Crippen molar-refractivity contribution in [1.29, 1.82) is 0 Å². The number of amides is 1. The largest absolute Gasteiger partial charge is 0.346 e. The van der Waals surface area contributed by atoms with E-state index < -0.39 is 9.84 Å². The molecule has 2 N–H and O–H groups in total. The standard InChI is InChI=1S/C17H19N3O3S2/c21-17(11-19-13-6-9-25(22,23)12-13)20-16(10-14-4-3-8-24-14)15-5-1-2-7-18-15/h1-9,13,16,19H,10-12H2,(H,20,21). The van der Waals surface area contributed by atoms with E-state index in [0.29, 0.717) is 6.42 Å². The van der Waals surface area contributed by atoms with Crippen LogP contribution in [0.1, 0.15) is 16.6 Å². The lowest BCUT2D eigenvalue weighted by Crippen LogP contribution is -2.41. The Balaban J connectivity index is 1.59. The lowest BCUT2D eigenvalue weighted by molar-refractivity contribution is -0.121. The number of nitrogens with one attached hydrogen (secondary N) is 2. The van der Waals surface area contributed by atoms with Crippen LogP contribution >= 0.6 is 11.3 Å². The molecule has 2 aromatic rings. The minimum atomic E-state index is -3.13. The van der Waals surface area contributed by atoms with Crippen LogP contribution in [0.5, 0.6) is 0 Å². The van der Waals surface area contributed by atoms with E-state index >= 15 is 0 Å². The summed E-state index contributed by atoms with van der Waals surface area (Å²) in [7, 11) is -3.13. The van der Waals surface area contributed by atoms with Gasteiger partial charge in [0.25, 0.3) is 0 Å². The minimum absolute atomic E-state index is 0.000848. The van der Waals surface area contributed by atoms with Crippen LogP contribution in [0, 0.1) is 0 Å². The minimum Gasteiger partial charge on any atom is -0.346 e. The van der Waals surface area contributed by atoms with Crippen LogP contribution in [0.25, 0.3) is 0 Å². The van der Waals surface area contributed by atoms with Crippen molar-refractivity contribution in [1.82, 2.24) is 15.6 Å². The van der Waals surface area contributed by atoms with Crippen molar-refractivity contribution in [2.75, 3.05) is 12.3 Å². The number of hydrogen-bond donors (Lipinski definition) is 2. The quantitative estimate of drug-likeness (QED) is 0.762. The fourth-order valence-corrected chi connectivity index (χ4v) is 4.64. The van der Waals surface area contributed by atoms with Crippen molar-refractivity contribution in [3.63, 3.8) is 0 Å². The van der Waals surface area contributed by atoms with E-state index in [-0.39, 0.29) is 30.3 Å². The molecule has 8 heteroatoms. The molecule has 2 aromatic heterocycles. The van der Waals surface area contributed by atoms with E-state index in [1.54, 1.807) is 23.6 Å². The second-order valence-corrected chi connectivity index (χ2v) is 8.77. The Hall–Kier alpha value is -2.03. The number of rotatable bonds is 7. The number of hydrogen-bond acceptors (Lipinski definition) is 6. The molecule has 0 saturated carbocycles. The third-order valence-corrected chi connectivity index (χ3v) is 6.11. The van der Waals surface area contributed by atoms with Gasteiger partial charge in [0.1, 0.15) is 0 Å². The molecule has 0 aliphatic carbocycles. The number of sulfone groups is 1. The number of thiophene rings is 1. The fraction of sp³-hybridized carbons (Fsp3) is 0.294. The Bertz CT molecular complexity index is 833. The Morgan fingerprint density at radius 2 is 2.20 bits per heavy atom. The second kappa shape index (κ2) is 7.90. The maximum absolute atomic E-state index is 12.3. The zero-order valence-corrected chi connectivity index (χ0v) is 15.1. The van der Waals surface area contributed by atoms with Crippen LogP contribution in [-0.2, 0) is 21.1 Å². The first-order valence-electron chi connectivity index (χ1n) is 7.89. The van der Waals surface area contributed by atoms with Gasteiger partial charge < -0.3 is 10.6 Å². The summed E-state index contributed by atoms with van der Waals surface area (Å²) in [5.74, 6) is -0.191. The van der Waals surface area contributed by atoms with Crippen molar-refractivity contribution in [2.45, 2.75) is 18.5 Å². The summed E-state index contributed by atoms with van der Waals surface area (Å²) in [5.41, 5.74) is 0.799. The van der Waals surface area contributed by atoms with E-state index in [1.165, 1.54) is 5.41 Å². The van der Waals surface area contributed by atoms with Crippen LogP contribution in [0.15, 0.2) is 53.4 Å². The molecule has 1 aliphatic heterocycles. The van der Waals surface area contributed by atoms with E-state index in [1.807, 2.05) is 35.7 Å². The highest BCUT2D eigenvalue weighted by Crippen LogP contribution is 2.19. The maximum atomic E-state index is 12.3. The summed E-state index contributed by atoms with van der Waals surface area (Å²) in [6, 6.07) is 9.08. The summed E-state index contributed by atoms with van der Waals surface area (Å²) >= 11 is 1.64. The van der Waals surface area contributed by atoms with Crippen molar-refractivity contribution in [2.24, 2.45) is 0 Å². The molecule has 0 bridgehead atoms. The third kappa shape index (κ3) is 5.22. The molecule has 3 rings (SSSR count). The second-order valence-electron chi connectivity index (χ2n) is 5.80. The van der Waals surface area contributed by atoms with Gasteiger partial charge in [0.05, 0.1) is 24.0 Å². The molecule has 0 spiro atoms. The lowest BCUT2D eigenvalue weighted by atomic mass is 10.1. The number of nitrogens with zero attached hydrogens (tertiary/aromatic N) is 1. The van der Waals surface area contributed by atoms with Gasteiger partial charge in [-0.15, -0.1) is 11.3 Å². The number of aromatic nitrogens is 1. The summed E-state index contributed by atoms with van der Waals surface area (Å²) < 4.78 is 22.8. The summed E-state index contributed by atoms with van der Waals surface area (Å²) in [5, 5.41) is 9.13. The first-order valence-corrected chi connectivity index (χ1v) is 10.5. The summed E-state index contributed by atoms with van der Waals surface area (Å²) in [6.07, 6.45) is 3.94. The Morgan fingerprint density at radius 3 is 2.84 bits per heavy atom. The zero-order chi connectivity index (χ0) is 17.7. The molecule has 25 heavy (non-hydrogen) atoms. The van der Waals surface area contributed by atoms with Gasteiger partial charge >= 0.3 is 0 Å². The molecule has 3 heterocycles.